The Morgan fingerprint density at radius 2 is 1.62 bits per heavy atom. The normalized spacial score (nSPS) is 12.9. The summed E-state index contributed by atoms with van der Waals surface area (Å²) in [5.74, 6) is 0.0328. The average molecular weight is 384 g/mol. The Kier molecular flexibility index (Phi) is 5.43. The van der Waals surface area contributed by atoms with Gasteiger partial charge in [-0.3, -0.25) is 9.59 Å². The predicted molar refractivity (Wildman–Crippen MR) is 116 cm³/mol. The van der Waals surface area contributed by atoms with E-state index in [1.807, 2.05) is 66.4 Å². The van der Waals surface area contributed by atoms with E-state index in [0.29, 0.717) is 18.5 Å². The fourth-order valence-corrected chi connectivity index (χ4v) is 3.72. The lowest BCUT2D eigenvalue weighted by Crippen LogP contribution is -2.35. The Morgan fingerprint density at radius 1 is 0.897 bits per heavy atom. The maximum absolute atomic E-state index is 12.7. The third-order valence-corrected chi connectivity index (χ3v) is 5.39. The number of hydrogen-bond acceptors (Lipinski definition) is 2. The number of carbonyl (C=O) groups is 2. The molecule has 0 aliphatic carbocycles. The topological polar surface area (TPSA) is 49.4 Å². The van der Waals surface area contributed by atoms with Gasteiger partial charge >= 0.3 is 0 Å². The number of fused-ring (bicyclic) bond motifs is 1. The minimum absolute atomic E-state index is 0.137. The molecule has 4 nitrogen and oxygen atoms in total. The smallest absolute Gasteiger partial charge is 0.255 e. The van der Waals surface area contributed by atoms with Gasteiger partial charge < -0.3 is 10.2 Å². The van der Waals surface area contributed by atoms with Crippen molar-refractivity contribution in [2.24, 2.45) is 0 Å². The second-order valence-corrected chi connectivity index (χ2v) is 7.30. The van der Waals surface area contributed by atoms with E-state index in [9.17, 15) is 9.59 Å². The fraction of sp³-hybridized carbons (Fsp3) is 0.200. The molecular weight excluding hydrogens is 360 g/mol. The highest BCUT2D eigenvalue weighted by Crippen LogP contribution is 2.24. The van der Waals surface area contributed by atoms with Gasteiger partial charge in [-0.1, -0.05) is 55.5 Å². The molecule has 1 heterocycles. The van der Waals surface area contributed by atoms with Gasteiger partial charge in [0.15, 0.2) is 0 Å². The van der Waals surface area contributed by atoms with Crippen LogP contribution in [0.5, 0.6) is 0 Å². The molecule has 0 saturated heterocycles. The summed E-state index contributed by atoms with van der Waals surface area (Å²) in [6.07, 6.45) is 1.38. The molecule has 1 N–H and O–H groups in total. The van der Waals surface area contributed by atoms with Crippen LogP contribution in [0.3, 0.4) is 0 Å². The molecule has 0 fully saturated rings. The van der Waals surface area contributed by atoms with Crippen LogP contribution in [0, 0.1) is 0 Å². The molecule has 146 valence electrons. The lowest BCUT2D eigenvalue weighted by atomic mass is 9.98. The van der Waals surface area contributed by atoms with Gasteiger partial charge in [-0.25, -0.2) is 0 Å². The summed E-state index contributed by atoms with van der Waals surface area (Å²) < 4.78 is 0. The summed E-state index contributed by atoms with van der Waals surface area (Å²) >= 11 is 0. The van der Waals surface area contributed by atoms with E-state index in [1.165, 1.54) is 5.56 Å². The molecule has 3 aromatic carbocycles. The molecule has 0 spiro atoms. The molecule has 0 atom stereocenters. The van der Waals surface area contributed by atoms with Gasteiger partial charge in [-0.15, -0.1) is 0 Å². The lowest BCUT2D eigenvalue weighted by Gasteiger charge is -2.29. The number of benzene rings is 3. The van der Waals surface area contributed by atoms with Crippen molar-refractivity contribution in [3.63, 3.8) is 0 Å². The van der Waals surface area contributed by atoms with Crippen LogP contribution >= 0.6 is 0 Å². The molecule has 4 rings (SSSR count). The zero-order valence-corrected chi connectivity index (χ0v) is 16.5. The molecule has 29 heavy (non-hydrogen) atoms. The van der Waals surface area contributed by atoms with E-state index in [2.05, 4.69) is 23.5 Å². The largest absolute Gasteiger partial charge is 0.338 e. The fourth-order valence-electron chi connectivity index (χ4n) is 3.72. The van der Waals surface area contributed by atoms with E-state index in [-0.39, 0.29) is 11.8 Å². The minimum atomic E-state index is -0.137. The Morgan fingerprint density at radius 3 is 2.34 bits per heavy atom. The van der Waals surface area contributed by atoms with Crippen LogP contribution in [0.2, 0.25) is 0 Å². The van der Waals surface area contributed by atoms with Crippen LogP contribution in [0.4, 0.5) is 5.69 Å². The average Bonchev–Trinajstić information content (AvgIpc) is 2.78. The number of amides is 2. The van der Waals surface area contributed by atoms with Crippen LogP contribution in [0.25, 0.3) is 11.1 Å². The summed E-state index contributed by atoms with van der Waals surface area (Å²) in [7, 11) is 0. The van der Waals surface area contributed by atoms with Crippen LogP contribution in [-0.4, -0.2) is 23.3 Å². The Hall–Kier alpha value is -3.40. The molecule has 0 aromatic heterocycles. The van der Waals surface area contributed by atoms with Gasteiger partial charge in [0.05, 0.1) is 0 Å². The third-order valence-electron chi connectivity index (χ3n) is 5.39. The molecule has 0 radical (unpaired) electrons. The van der Waals surface area contributed by atoms with Crippen molar-refractivity contribution in [2.75, 3.05) is 11.9 Å². The predicted octanol–water partition coefficient (Wildman–Crippen LogP) is 4.90. The Bertz CT molecular complexity index is 1030. The van der Waals surface area contributed by atoms with Gasteiger partial charge in [-0.05, 0) is 52.9 Å². The standard InChI is InChI=1S/C25H24N2O2/c1-2-24(28)27-15-14-20-12-13-23(16-22(20)17-27)26-25(29)21-10-8-19(9-11-21)18-6-4-3-5-7-18/h3-13,16H,2,14-15,17H2,1H3,(H,26,29). The van der Waals surface area contributed by atoms with Crippen molar-refractivity contribution in [1.82, 2.24) is 4.90 Å². The number of hydrogen-bond donors (Lipinski definition) is 1. The quantitative estimate of drug-likeness (QED) is 0.695. The highest BCUT2D eigenvalue weighted by Gasteiger charge is 2.20. The van der Waals surface area contributed by atoms with Crippen molar-refractivity contribution >= 4 is 17.5 Å². The minimum Gasteiger partial charge on any atom is -0.338 e. The second kappa shape index (κ2) is 8.31. The summed E-state index contributed by atoms with van der Waals surface area (Å²) in [4.78, 5) is 26.6. The molecule has 0 unspecified atom stereocenters. The highest BCUT2D eigenvalue weighted by molar-refractivity contribution is 6.04. The van der Waals surface area contributed by atoms with Crippen molar-refractivity contribution in [2.45, 2.75) is 26.3 Å². The maximum atomic E-state index is 12.7. The van der Waals surface area contributed by atoms with Crippen LogP contribution < -0.4 is 5.32 Å². The molecule has 2 amide bonds. The number of nitrogens with one attached hydrogen (secondary N) is 1. The van der Waals surface area contributed by atoms with Gasteiger partial charge in [0, 0.05) is 30.8 Å². The van der Waals surface area contributed by atoms with E-state index in [4.69, 9.17) is 0 Å². The van der Waals surface area contributed by atoms with E-state index in [0.717, 1.165) is 35.3 Å². The molecule has 4 heteroatoms. The van der Waals surface area contributed by atoms with Gasteiger partial charge in [0.1, 0.15) is 0 Å². The SMILES string of the molecule is CCC(=O)N1CCc2ccc(NC(=O)c3ccc(-c4ccccc4)cc3)cc2C1. The summed E-state index contributed by atoms with van der Waals surface area (Å²) in [6.45, 7) is 3.26. The van der Waals surface area contributed by atoms with Crippen molar-refractivity contribution < 1.29 is 9.59 Å². The molecule has 0 saturated carbocycles. The Labute approximate surface area is 171 Å². The maximum Gasteiger partial charge on any atom is 0.255 e. The van der Waals surface area contributed by atoms with E-state index >= 15 is 0 Å². The molecule has 3 aromatic rings. The number of carbonyl (C=O) groups excluding carboxylic acids is 2. The van der Waals surface area contributed by atoms with Crippen LogP contribution in [0.1, 0.15) is 34.8 Å². The van der Waals surface area contributed by atoms with Crippen molar-refractivity contribution in [3.05, 3.63) is 89.5 Å². The van der Waals surface area contributed by atoms with Crippen molar-refractivity contribution in [1.29, 1.82) is 0 Å². The highest BCUT2D eigenvalue weighted by atomic mass is 16.2. The molecule has 1 aliphatic heterocycles. The van der Waals surface area contributed by atoms with Crippen LogP contribution in [-0.2, 0) is 17.8 Å². The molecular formula is C25H24N2O2. The summed E-state index contributed by atoms with van der Waals surface area (Å²) in [5.41, 5.74) is 5.93. The first-order chi connectivity index (χ1) is 14.1. The van der Waals surface area contributed by atoms with E-state index in [1.54, 1.807) is 0 Å². The first-order valence-corrected chi connectivity index (χ1v) is 10.0. The molecule has 0 bridgehead atoms. The lowest BCUT2D eigenvalue weighted by molar-refractivity contribution is -0.131. The third kappa shape index (κ3) is 4.21. The van der Waals surface area contributed by atoms with Crippen LogP contribution in [0.15, 0.2) is 72.8 Å². The Balaban J connectivity index is 1.47. The van der Waals surface area contributed by atoms with Gasteiger partial charge in [0.2, 0.25) is 5.91 Å². The first-order valence-electron chi connectivity index (χ1n) is 10.0. The number of rotatable bonds is 4. The van der Waals surface area contributed by atoms with Crippen molar-refractivity contribution in [3.8, 4) is 11.1 Å². The summed E-state index contributed by atoms with van der Waals surface area (Å²) in [6, 6.07) is 23.7. The first kappa shape index (κ1) is 18.9. The zero-order chi connectivity index (χ0) is 20.2. The summed E-state index contributed by atoms with van der Waals surface area (Å²) in [5, 5.41) is 2.98. The van der Waals surface area contributed by atoms with E-state index < -0.39 is 0 Å². The second-order valence-electron chi connectivity index (χ2n) is 7.30. The molecule has 1 aliphatic rings. The monoisotopic (exact) mass is 384 g/mol. The number of anilines is 1. The van der Waals surface area contributed by atoms with Gasteiger partial charge in [-0.2, -0.15) is 0 Å². The number of nitrogens with zero attached hydrogens (tertiary/aromatic N) is 1. The zero-order valence-electron chi connectivity index (χ0n) is 16.5. The van der Waals surface area contributed by atoms with Gasteiger partial charge in [0.25, 0.3) is 5.91 Å².